The van der Waals surface area contributed by atoms with Gasteiger partial charge < -0.3 is 15.2 Å². The van der Waals surface area contributed by atoms with E-state index in [2.05, 4.69) is 36.1 Å². The number of ether oxygens (including phenoxy) is 1. The van der Waals surface area contributed by atoms with Crippen LogP contribution < -0.4 is 10.1 Å². The van der Waals surface area contributed by atoms with Crippen molar-refractivity contribution in [2.24, 2.45) is 0 Å². The summed E-state index contributed by atoms with van der Waals surface area (Å²) in [7, 11) is 0. The summed E-state index contributed by atoms with van der Waals surface area (Å²) < 4.78 is 5.43. The van der Waals surface area contributed by atoms with E-state index in [1.54, 1.807) is 0 Å². The second-order valence-electron chi connectivity index (χ2n) is 4.09. The number of hydrogen-bond acceptors (Lipinski definition) is 5. The van der Waals surface area contributed by atoms with Crippen molar-refractivity contribution in [1.82, 2.24) is 9.97 Å². The lowest BCUT2D eigenvalue weighted by Gasteiger charge is -2.16. The smallest absolute Gasteiger partial charge is 0.222 e. The summed E-state index contributed by atoms with van der Waals surface area (Å²) in [5.74, 6) is 1.65. The third kappa shape index (κ3) is 3.85. The molecule has 96 valence electrons. The van der Waals surface area contributed by atoms with Crippen molar-refractivity contribution in [2.75, 3.05) is 25.1 Å². The predicted molar refractivity (Wildman–Crippen MR) is 67.5 cm³/mol. The number of anilines is 1. The van der Waals surface area contributed by atoms with Crippen molar-refractivity contribution in [1.29, 1.82) is 0 Å². The van der Waals surface area contributed by atoms with Crippen LogP contribution in [0.2, 0.25) is 0 Å². The van der Waals surface area contributed by atoms with E-state index in [1.807, 2.05) is 0 Å². The van der Waals surface area contributed by atoms with E-state index in [1.165, 1.54) is 6.33 Å². The molecule has 0 unspecified atom stereocenters. The van der Waals surface area contributed by atoms with E-state index < -0.39 is 0 Å². The van der Waals surface area contributed by atoms with Crippen LogP contribution in [0.1, 0.15) is 38.7 Å². The molecule has 0 saturated carbocycles. The number of nitrogens with one attached hydrogen (secondary N) is 1. The fraction of sp³-hybridized carbons (Fsp3) is 0.667. The van der Waals surface area contributed by atoms with Crippen molar-refractivity contribution in [2.45, 2.75) is 33.1 Å². The topological polar surface area (TPSA) is 67.3 Å². The van der Waals surface area contributed by atoms with Crippen molar-refractivity contribution in [3.8, 4) is 5.88 Å². The zero-order valence-corrected chi connectivity index (χ0v) is 10.7. The van der Waals surface area contributed by atoms with E-state index in [-0.39, 0.29) is 19.1 Å². The van der Waals surface area contributed by atoms with Gasteiger partial charge in [0, 0.05) is 6.54 Å². The highest BCUT2D eigenvalue weighted by molar-refractivity contribution is 5.50. The first kappa shape index (κ1) is 13.7. The molecule has 1 rings (SSSR count). The molecule has 1 aromatic heterocycles. The molecular weight excluding hydrogens is 218 g/mol. The van der Waals surface area contributed by atoms with Gasteiger partial charge in [0.2, 0.25) is 5.88 Å². The van der Waals surface area contributed by atoms with Crippen LogP contribution in [-0.4, -0.2) is 34.8 Å². The van der Waals surface area contributed by atoms with E-state index >= 15 is 0 Å². The lowest BCUT2D eigenvalue weighted by atomic mass is 10.1. The maximum Gasteiger partial charge on any atom is 0.222 e. The normalized spacial score (nSPS) is 10.6. The van der Waals surface area contributed by atoms with Crippen LogP contribution in [0.15, 0.2) is 6.33 Å². The summed E-state index contributed by atoms with van der Waals surface area (Å²) in [5, 5.41) is 12.1. The number of aromatic nitrogens is 2. The Hall–Kier alpha value is -1.36. The van der Waals surface area contributed by atoms with Crippen molar-refractivity contribution in [3.63, 3.8) is 0 Å². The molecule has 0 aromatic carbocycles. The summed E-state index contributed by atoms with van der Waals surface area (Å²) in [6.07, 6.45) is 2.52. The molecule has 0 aliphatic carbocycles. The van der Waals surface area contributed by atoms with Gasteiger partial charge >= 0.3 is 0 Å². The highest BCUT2D eigenvalue weighted by atomic mass is 16.5. The zero-order chi connectivity index (χ0) is 12.7. The Kier molecular flexibility index (Phi) is 5.69. The van der Waals surface area contributed by atoms with Crippen LogP contribution in [0.25, 0.3) is 0 Å². The fourth-order valence-electron chi connectivity index (χ4n) is 1.54. The van der Waals surface area contributed by atoms with Gasteiger partial charge in [-0.2, -0.15) is 0 Å². The largest absolute Gasteiger partial charge is 0.475 e. The Morgan fingerprint density at radius 1 is 1.41 bits per heavy atom. The van der Waals surface area contributed by atoms with Gasteiger partial charge in [0.15, 0.2) is 0 Å². The molecular formula is C12H21N3O2. The molecule has 0 amide bonds. The number of aliphatic hydroxyl groups is 1. The van der Waals surface area contributed by atoms with Crippen LogP contribution in [0.5, 0.6) is 5.88 Å². The summed E-state index contributed by atoms with van der Waals surface area (Å²) in [6.45, 7) is 7.36. The Morgan fingerprint density at radius 2 is 2.18 bits per heavy atom. The van der Waals surface area contributed by atoms with Gasteiger partial charge in [-0.1, -0.05) is 20.8 Å². The minimum absolute atomic E-state index is 0.0146. The molecule has 0 spiro atoms. The Balaban J connectivity index is 2.95. The molecule has 0 atom stereocenters. The number of aliphatic hydroxyl groups excluding tert-OH is 1. The van der Waals surface area contributed by atoms with Gasteiger partial charge in [0.1, 0.15) is 18.8 Å². The highest BCUT2D eigenvalue weighted by Gasteiger charge is 2.15. The first-order valence-electron chi connectivity index (χ1n) is 6.03. The van der Waals surface area contributed by atoms with Crippen LogP contribution in [0, 0.1) is 0 Å². The zero-order valence-electron chi connectivity index (χ0n) is 10.7. The maximum atomic E-state index is 8.78. The first-order chi connectivity index (χ1) is 8.20. The second-order valence-corrected chi connectivity index (χ2v) is 4.09. The minimum Gasteiger partial charge on any atom is -0.475 e. The fourth-order valence-corrected chi connectivity index (χ4v) is 1.54. The van der Waals surface area contributed by atoms with E-state index in [9.17, 15) is 0 Å². The molecule has 0 bridgehead atoms. The molecule has 0 fully saturated rings. The van der Waals surface area contributed by atoms with Crippen LogP contribution in [0.4, 0.5) is 5.82 Å². The molecule has 0 aliphatic rings. The molecule has 5 nitrogen and oxygen atoms in total. The molecule has 2 N–H and O–H groups in total. The third-order valence-corrected chi connectivity index (χ3v) is 2.30. The van der Waals surface area contributed by atoms with Crippen LogP contribution in [0.3, 0.4) is 0 Å². The Morgan fingerprint density at radius 3 is 2.76 bits per heavy atom. The van der Waals surface area contributed by atoms with Gasteiger partial charge in [0.25, 0.3) is 0 Å². The summed E-state index contributed by atoms with van der Waals surface area (Å²) >= 11 is 0. The summed E-state index contributed by atoms with van der Waals surface area (Å²) in [6, 6.07) is 0. The third-order valence-electron chi connectivity index (χ3n) is 2.30. The van der Waals surface area contributed by atoms with Crippen molar-refractivity contribution >= 4 is 5.82 Å². The number of rotatable bonds is 7. The average Bonchev–Trinajstić information content (AvgIpc) is 2.33. The van der Waals surface area contributed by atoms with Gasteiger partial charge in [-0.05, 0) is 12.3 Å². The second kappa shape index (κ2) is 7.06. The Bertz CT molecular complexity index is 316. The standard InChI is InChI=1S/C12H21N3O2/c1-4-5-13-11-10(9(2)3)12(15-8-14-11)17-7-6-16/h8-9,16H,4-7H2,1-3H3,(H,13,14,15). The lowest BCUT2D eigenvalue weighted by molar-refractivity contribution is 0.195. The first-order valence-corrected chi connectivity index (χ1v) is 6.03. The molecule has 0 saturated heterocycles. The monoisotopic (exact) mass is 239 g/mol. The molecule has 5 heteroatoms. The summed E-state index contributed by atoms with van der Waals surface area (Å²) in [5.41, 5.74) is 0.967. The van der Waals surface area contributed by atoms with Gasteiger partial charge in [-0.15, -0.1) is 0 Å². The van der Waals surface area contributed by atoms with E-state index in [4.69, 9.17) is 9.84 Å². The quantitative estimate of drug-likeness (QED) is 0.759. The average molecular weight is 239 g/mol. The van der Waals surface area contributed by atoms with Crippen LogP contribution >= 0.6 is 0 Å². The lowest BCUT2D eigenvalue weighted by Crippen LogP contribution is -2.11. The number of hydrogen-bond donors (Lipinski definition) is 2. The van der Waals surface area contributed by atoms with E-state index in [0.29, 0.717) is 5.88 Å². The molecule has 0 radical (unpaired) electrons. The van der Waals surface area contributed by atoms with Gasteiger partial charge in [-0.3, -0.25) is 0 Å². The van der Waals surface area contributed by atoms with Crippen LogP contribution in [-0.2, 0) is 0 Å². The number of nitrogens with zero attached hydrogens (tertiary/aromatic N) is 2. The maximum absolute atomic E-state index is 8.78. The molecule has 1 aromatic rings. The Labute approximate surface area is 102 Å². The molecule has 1 heterocycles. The SMILES string of the molecule is CCCNc1ncnc(OCCO)c1C(C)C. The van der Waals surface area contributed by atoms with Gasteiger partial charge in [-0.25, -0.2) is 9.97 Å². The molecule has 17 heavy (non-hydrogen) atoms. The highest BCUT2D eigenvalue weighted by Crippen LogP contribution is 2.29. The predicted octanol–water partition coefficient (Wildman–Crippen LogP) is 1.79. The van der Waals surface area contributed by atoms with E-state index in [0.717, 1.165) is 24.3 Å². The molecule has 0 aliphatic heterocycles. The van der Waals surface area contributed by atoms with Gasteiger partial charge in [0.05, 0.1) is 12.2 Å². The minimum atomic E-state index is -0.0146. The van der Waals surface area contributed by atoms with Crippen molar-refractivity contribution < 1.29 is 9.84 Å². The van der Waals surface area contributed by atoms with Crippen molar-refractivity contribution in [3.05, 3.63) is 11.9 Å². The summed E-state index contributed by atoms with van der Waals surface area (Å²) in [4.78, 5) is 8.36.